The van der Waals surface area contributed by atoms with Crippen LogP contribution in [0.25, 0.3) is 49.7 Å². The van der Waals surface area contributed by atoms with Crippen molar-refractivity contribution in [1.82, 2.24) is 4.57 Å². The van der Waals surface area contributed by atoms with Gasteiger partial charge in [-0.1, -0.05) is 78.9 Å². The lowest BCUT2D eigenvalue weighted by Crippen LogP contribution is -2.05. The third kappa shape index (κ3) is 3.84. The van der Waals surface area contributed by atoms with Crippen molar-refractivity contribution >= 4 is 21.8 Å². The second-order valence-electron chi connectivity index (χ2n) is 8.84. The second-order valence-corrected chi connectivity index (χ2v) is 8.84. The van der Waals surface area contributed by atoms with Gasteiger partial charge in [0.2, 0.25) is 0 Å². The van der Waals surface area contributed by atoms with E-state index in [1.807, 2.05) is 95.6 Å². The molecule has 0 aliphatic heterocycles. The first kappa shape index (κ1) is 22.6. The third-order valence-corrected chi connectivity index (χ3v) is 6.68. The molecule has 0 spiro atoms. The van der Waals surface area contributed by atoms with Crippen LogP contribution in [-0.2, 0) is 6.18 Å². The number of alkyl halides is 3. The molecule has 37 heavy (non-hydrogen) atoms. The van der Waals surface area contributed by atoms with Gasteiger partial charge in [0.05, 0.1) is 33.9 Å². The topological polar surface area (TPSA) is 28.7 Å². The van der Waals surface area contributed by atoms with Gasteiger partial charge >= 0.3 is 6.18 Å². The second kappa shape index (κ2) is 8.69. The predicted octanol–water partition coefficient (Wildman–Crippen LogP) is 9.01. The molecule has 5 heteroatoms. The Morgan fingerprint density at radius 3 is 2.03 bits per heavy atom. The van der Waals surface area contributed by atoms with Gasteiger partial charge in [0.1, 0.15) is 0 Å². The van der Waals surface area contributed by atoms with Crippen molar-refractivity contribution in [2.75, 3.05) is 0 Å². The summed E-state index contributed by atoms with van der Waals surface area (Å²) in [5.74, 6) is 0. The fourth-order valence-corrected chi connectivity index (χ4v) is 5.01. The predicted molar refractivity (Wildman–Crippen MR) is 141 cm³/mol. The van der Waals surface area contributed by atoms with Crippen LogP contribution in [0.3, 0.4) is 0 Å². The Hall–Kier alpha value is -4.82. The van der Waals surface area contributed by atoms with E-state index in [9.17, 15) is 18.4 Å². The highest BCUT2D eigenvalue weighted by Gasteiger charge is 2.31. The van der Waals surface area contributed by atoms with E-state index >= 15 is 0 Å². The smallest absolute Gasteiger partial charge is 0.309 e. The maximum absolute atomic E-state index is 13.7. The number of nitriles is 1. The van der Waals surface area contributed by atoms with E-state index in [1.54, 1.807) is 12.1 Å². The first-order valence-electron chi connectivity index (χ1n) is 11.8. The molecule has 0 saturated heterocycles. The van der Waals surface area contributed by atoms with Gasteiger partial charge in [-0.3, -0.25) is 0 Å². The normalized spacial score (nSPS) is 11.6. The maximum atomic E-state index is 13.7. The summed E-state index contributed by atoms with van der Waals surface area (Å²) in [6.07, 6.45) is -4.45. The fraction of sp³-hybridized carbons (Fsp3) is 0.0312. The molecule has 0 aliphatic rings. The van der Waals surface area contributed by atoms with E-state index in [0.29, 0.717) is 11.1 Å². The molecule has 1 heterocycles. The third-order valence-electron chi connectivity index (χ3n) is 6.68. The zero-order chi connectivity index (χ0) is 25.6. The molecule has 0 radical (unpaired) electrons. The van der Waals surface area contributed by atoms with Crippen molar-refractivity contribution in [2.45, 2.75) is 6.18 Å². The van der Waals surface area contributed by atoms with Gasteiger partial charge in [-0.05, 0) is 53.1 Å². The molecule has 0 unspecified atom stereocenters. The lowest BCUT2D eigenvalue weighted by Gasteiger charge is -2.15. The van der Waals surface area contributed by atoms with Crippen LogP contribution >= 0.6 is 0 Å². The van der Waals surface area contributed by atoms with Crippen molar-refractivity contribution in [3.05, 3.63) is 126 Å². The van der Waals surface area contributed by atoms with Gasteiger partial charge in [-0.2, -0.15) is 18.4 Å². The molecule has 6 aromatic rings. The fourth-order valence-electron chi connectivity index (χ4n) is 5.01. The highest BCUT2D eigenvalue weighted by molar-refractivity contribution is 6.10. The van der Waals surface area contributed by atoms with Crippen molar-refractivity contribution in [1.29, 1.82) is 5.26 Å². The number of benzene rings is 5. The van der Waals surface area contributed by atoms with E-state index in [0.717, 1.165) is 50.3 Å². The van der Waals surface area contributed by atoms with Crippen LogP contribution in [0.15, 0.2) is 115 Å². The van der Waals surface area contributed by atoms with Crippen molar-refractivity contribution in [3.8, 4) is 34.0 Å². The summed E-state index contributed by atoms with van der Waals surface area (Å²) in [5, 5.41) is 11.2. The molecular weight excluding hydrogens is 469 g/mol. The molecular formula is C32H19F3N2. The number of fused-ring (bicyclic) bond motifs is 3. The monoisotopic (exact) mass is 488 g/mol. The van der Waals surface area contributed by atoms with Crippen LogP contribution in [0.2, 0.25) is 0 Å². The molecule has 2 nitrogen and oxygen atoms in total. The van der Waals surface area contributed by atoms with Gasteiger partial charge in [0, 0.05) is 16.3 Å². The Balaban J connectivity index is 1.62. The van der Waals surface area contributed by atoms with Gasteiger partial charge in [0.25, 0.3) is 0 Å². The van der Waals surface area contributed by atoms with Gasteiger partial charge in [-0.25, -0.2) is 0 Å². The summed E-state index contributed by atoms with van der Waals surface area (Å²) in [4.78, 5) is 0. The average Bonchev–Trinajstić information content (AvgIpc) is 3.26. The summed E-state index contributed by atoms with van der Waals surface area (Å²) in [6.45, 7) is 0. The Bertz CT molecular complexity index is 1840. The van der Waals surface area contributed by atoms with E-state index in [2.05, 4.69) is 6.07 Å². The first-order valence-corrected chi connectivity index (χ1v) is 11.8. The largest absolute Gasteiger partial charge is 0.416 e. The number of hydrogen-bond donors (Lipinski definition) is 0. The highest BCUT2D eigenvalue weighted by atomic mass is 19.4. The van der Waals surface area contributed by atoms with Gasteiger partial charge < -0.3 is 4.57 Å². The zero-order valence-electron chi connectivity index (χ0n) is 19.5. The SMILES string of the molecule is N#Cc1ccccc1-c1cccc(-c2ccccc2-n2c3ccccc3c3ccc(C(F)(F)F)cc32)c1. The van der Waals surface area contributed by atoms with Crippen LogP contribution in [0.5, 0.6) is 0 Å². The zero-order valence-corrected chi connectivity index (χ0v) is 19.5. The van der Waals surface area contributed by atoms with E-state index in [4.69, 9.17) is 0 Å². The van der Waals surface area contributed by atoms with Crippen LogP contribution in [0.4, 0.5) is 13.2 Å². The van der Waals surface area contributed by atoms with Gasteiger partial charge in [0.15, 0.2) is 0 Å². The average molecular weight is 489 g/mol. The number of aromatic nitrogens is 1. The molecule has 1 aromatic heterocycles. The number of halogens is 3. The van der Waals surface area contributed by atoms with Crippen LogP contribution in [0, 0.1) is 11.3 Å². The Labute approximate surface area is 211 Å². The summed E-state index contributed by atoms with van der Waals surface area (Å²) < 4.78 is 43.0. The number of hydrogen-bond acceptors (Lipinski definition) is 1. The van der Waals surface area contributed by atoms with E-state index in [1.165, 1.54) is 6.07 Å². The molecule has 0 N–H and O–H groups in total. The minimum atomic E-state index is -4.45. The minimum absolute atomic E-state index is 0.495. The molecule has 0 fully saturated rings. The summed E-state index contributed by atoms with van der Waals surface area (Å²) in [5.41, 5.74) is 5.50. The van der Waals surface area contributed by atoms with E-state index < -0.39 is 11.7 Å². The Kier molecular flexibility index (Phi) is 5.31. The molecule has 0 amide bonds. The molecule has 6 rings (SSSR count). The highest BCUT2D eigenvalue weighted by Crippen LogP contribution is 2.39. The van der Waals surface area contributed by atoms with Crippen LogP contribution < -0.4 is 0 Å². The number of nitrogens with zero attached hydrogens (tertiary/aromatic N) is 2. The summed E-state index contributed by atoms with van der Waals surface area (Å²) >= 11 is 0. The molecule has 5 aromatic carbocycles. The van der Waals surface area contributed by atoms with Crippen molar-refractivity contribution in [2.24, 2.45) is 0 Å². The van der Waals surface area contributed by atoms with Crippen molar-refractivity contribution < 1.29 is 13.2 Å². The standard InChI is InChI=1S/C32H19F3N2/c33-32(34,35)24-16-17-28-27-13-4-6-15-30(27)37(31(28)19-24)29-14-5-3-12-26(29)22-10-7-9-21(18-22)25-11-2-1-8-23(25)20-36/h1-19H. The molecule has 0 atom stereocenters. The maximum Gasteiger partial charge on any atom is 0.416 e. The minimum Gasteiger partial charge on any atom is -0.309 e. The lowest BCUT2D eigenvalue weighted by molar-refractivity contribution is -0.137. The van der Waals surface area contributed by atoms with Crippen molar-refractivity contribution in [3.63, 3.8) is 0 Å². The Morgan fingerprint density at radius 2 is 1.24 bits per heavy atom. The lowest BCUT2D eigenvalue weighted by atomic mass is 9.95. The molecule has 0 aliphatic carbocycles. The molecule has 0 saturated carbocycles. The number of rotatable bonds is 3. The summed E-state index contributed by atoms with van der Waals surface area (Å²) in [7, 11) is 0. The van der Waals surface area contributed by atoms with Crippen LogP contribution in [0.1, 0.15) is 11.1 Å². The van der Waals surface area contributed by atoms with Gasteiger partial charge in [-0.15, -0.1) is 0 Å². The molecule has 0 bridgehead atoms. The number of para-hydroxylation sites is 2. The summed E-state index contributed by atoms with van der Waals surface area (Å²) in [6, 6.07) is 36.8. The quantitative estimate of drug-likeness (QED) is 0.244. The Morgan fingerprint density at radius 1 is 0.595 bits per heavy atom. The first-order chi connectivity index (χ1) is 18.0. The van der Waals surface area contributed by atoms with E-state index in [-0.39, 0.29) is 0 Å². The molecule has 178 valence electrons. The van der Waals surface area contributed by atoms with Crippen LogP contribution in [-0.4, -0.2) is 4.57 Å².